The lowest BCUT2D eigenvalue weighted by molar-refractivity contribution is -0.121. The molecule has 4 nitrogen and oxygen atoms in total. The maximum atomic E-state index is 12.5. The van der Waals surface area contributed by atoms with E-state index in [4.69, 9.17) is 4.42 Å². The number of rotatable bonds is 7. The highest BCUT2D eigenvalue weighted by atomic mass is 16.4. The predicted molar refractivity (Wildman–Crippen MR) is 112 cm³/mol. The van der Waals surface area contributed by atoms with Gasteiger partial charge in [0.05, 0.1) is 18.2 Å². The Labute approximate surface area is 167 Å². The fourth-order valence-electron chi connectivity index (χ4n) is 3.24. The quantitative estimate of drug-likeness (QED) is 0.611. The molecule has 0 aliphatic heterocycles. The number of carbonyl (C=O) groups excluding carboxylic acids is 1. The van der Waals surface area contributed by atoms with E-state index in [-0.39, 0.29) is 18.4 Å². The molecule has 1 atom stereocenters. The molecule has 1 unspecified atom stereocenters. The second kappa shape index (κ2) is 8.87. The number of amides is 1. The Morgan fingerprint density at radius 2 is 1.71 bits per heavy atom. The van der Waals surface area contributed by atoms with Gasteiger partial charge in [-0.15, -0.1) is 0 Å². The van der Waals surface area contributed by atoms with Gasteiger partial charge in [0, 0.05) is 5.56 Å². The summed E-state index contributed by atoms with van der Waals surface area (Å²) in [7, 11) is 0. The van der Waals surface area contributed by atoms with Crippen LogP contribution in [0.15, 0.2) is 59.0 Å². The normalized spacial score (nSPS) is 12.2. The van der Waals surface area contributed by atoms with Crippen molar-refractivity contribution in [2.24, 2.45) is 5.92 Å². The van der Waals surface area contributed by atoms with Crippen molar-refractivity contribution >= 4 is 5.91 Å². The van der Waals surface area contributed by atoms with Crippen LogP contribution in [0.5, 0.6) is 0 Å². The standard InChI is InChI=1S/C24H28N2O2/c1-16(2)14-19-10-12-20(13-11-19)17(3)25-23(27)15-22-18(4)28-24(26-22)21-8-6-5-7-9-21/h5-13,16-17H,14-15H2,1-4H3,(H,25,27). The first kappa shape index (κ1) is 19.9. The van der Waals surface area contributed by atoms with Crippen LogP contribution in [0.25, 0.3) is 11.5 Å². The molecule has 146 valence electrons. The van der Waals surface area contributed by atoms with Crippen molar-refractivity contribution in [2.75, 3.05) is 0 Å². The summed E-state index contributed by atoms with van der Waals surface area (Å²) < 4.78 is 5.74. The third kappa shape index (κ3) is 5.10. The van der Waals surface area contributed by atoms with E-state index >= 15 is 0 Å². The first-order valence-corrected chi connectivity index (χ1v) is 9.82. The summed E-state index contributed by atoms with van der Waals surface area (Å²) in [5.74, 6) is 1.80. The van der Waals surface area contributed by atoms with Crippen molar-refractivity contribution in [1.29, 1.82) is 0 Å². The molecule has 0 saturated heterocycles. The summed E-state index contributed by atoms with van der Waals surface area (Å²) >= 11 is 0. The zero-order valence-corrected chi connectivity index (χ0v) is 17.0. The molecule has 3 rings (SSSR count). The van der Waals surface area contributed by atoms with E-state index in [1.807, 2.05) is 44.2 Å². The van der Waals surface area contributed by atoms with Gasteiger partial charge in [0.1, 0.15) is 5.76 Å². The molecule has 0 spiro atoms. The van der Waals surface area contributed by atoms with Crippen LogP contribution in [-0.2, 0) is 17.6 Å². The van der Waals surface area contributed by atoms with E-state index < -0.39 is 0 Å². The number of benzene rings is 2. The minimum Gasteiger partial charge on any atom is -0.441 e. The number of aryl methyl sites for hydroxylation is 1. The van der Waals surface area contributed by atoms with Crippen LogP contribution in [0.1, 0.15) is 49.4 Å². The van der Waals surface area contributed by atoms with Crippen LogP contribution < -0.4 is 5.32 Å². The molecule has 28 heavy (non-hydrogen) atoms. The fourth-order valence-corrected chi connectivity index (χ4v) is 3.24. The van der Waals surface area contributed by atoms with Crippen molar-refractivity contribution in [2.45, 2.75) is 46.6 Å². The van der Waals surface area contributed by atoms with Crippen molar-refractivity contribution in [3.05, 3.63) is 77.2 Å². The lowest BCUT2D eigenvalue weighted by atomic mass is 10.00. The number of hydrogen-bond donors (Lipinski definition) is 1. The first-order valence-electron chi connectivity index (χ1n) is 9.82. The van der Waals surface area contributed by atoms with Crippen LogP contribution in [0.4, 0.5) is 0 Å². The maximum absolute atomic E-state index is 12.5. The average molecular weight is 377 g/mol. The third-order valence-corrected chi connectivity index (χ3v) is 4.74. The molecule has 3 aromatic rings. The van der Waals surface area contributed by atoms with Crippen LogP contribution >= 0.6 is 0 Å². The topological polar surface area (TPSA) is 55.1 Å². The van der Waals surface area contributed by atoms with Crippen LogP contribution in [0.2, 0.25) is 0 Å². The molecule has 1 heterocycles. The van der Waals surface area contributed by atoms with Crippen LogP contribution in [-0.4, -0.2) is 10.9 Å². The van der Waals surface area contributed by atoms with E-state index in [1.54, 1.807) is 0 Å². The Hall–Kier alpha value is -2.88. The number of carbonyl (C=O) groups is 1. The molecule has 0 aliphatic rings. The Balaban J connectivity index is 1.61. The molecule has 2 aromatic carbocycles. The van der Waals surface area contributed by atoms with Crippen LogP contribution in [0.3, 0.4) is 0 Å². The average Bonchev–Trinajstić information content (AvgIpc) is 3.03. The molecule has 4 heteroatoms. The summed E-state index contributed by atoms with van der Waals surface area (Å²) in [6.45, 7) is 8.27. The van der Waals surface area contributed by atoms with Gasteiger partial charge in [0.15, 0.2) is 0 Å². The van der Waals surface area contributed by atoms with E-state index in [9.17, 15) is 4.79 Å². The predicted octanol–water partition coefficient (Wildman–Crippen LogP) is 5.27. The van der Waals surface area contributed by atoms with Gasteiger partial charge in [-0.1, -0.05) is 56.3 Å². The fraction of sp³-hybridized carbons (Fsp3) is 0.333. The number of nitrogens with one attached hydrogen (secondary N) is 1. The molecule has 1 aromatic heterocycles. The minimum atomic E-state index is -0.0604. The molecule has 0 saturated carbocycles. The highest BCUT2D eigenvalue weighted by molar-refractivity contribution is 5.79. The highest BCUT2D eigenvalue weighted by Gasteiger charge is 2.16. The lowest BCUT2D eigenvalue weighted by Crippen LogP contribution is -2.28. The Morgan fingerprint density at radius 1 is 1.04 bits per heavy atom. The number of hydrogen-bond acceptors (Lipinski definition) is 3. The molecular weight excluding hydrogens is 348 g/mol. The Morgan fingerprint density at radius 3 is 2.36 bits per heavy atom. The minimum absolute atomic E-state index is 0.0543. The smallest absolute Gasteiger partial charge is 0.226 e. The summed E-state index contributed by atoms with van der Waals surface area (Å²) in [4.78, 5) is 17.0. The van der Waals surface area contributed by atoms with Crippen LogP contribution in [0, 0.1) is 12.8 Å². The van der Waals surface area contributed by atoms with Gasteiger partial charge in [-0.3, -0.25) is 4.79 Å². The molecule has 0 fully saturated rings. The van der Waals surface area contributed by atoms with Gasteiger partial charge in [-0.05, 0) is 49.4 Å². The first-order chi connectivity index (χ1) is 13.4. The van der Waals surface area contributed by atoms with Gasteiger partial charge >= 0.3 is 0 Å². The van der Waals surface area contributed by atoms with Gasteiger partial charge < -0.3 is 9.73 Å². The Bertz CT molecular complexity index is 912. The zero-order valence-electron chi connectivity index (χ0n) is 17.0. The lowest BCUT2D eigenvalue weighted by Gasteiger charge is -2.15. The summed E-state index contributed by atoms with van der Waals surface area (Å²) in [6.07, 6.45) is 1.27. The SMILES string of the molecule is Cc1oc(-c2ccccc2)nc1CC(=O)NC(C)c1ccc(CC(C)C)cc1. The third-order valence-electron chi connectivity index (χ3n) is 4.74. The number of oxazole rings is 1. The number of aromatic nitrogens is 1. The number of nitrogens with zero attached hydrogens (tertiary/aromatic N) is 1. The monoisotopic (exact) mass is 376 g/mol. The molecule has 0 aliphatic carbocycles. The van der Waals surface area contributed by atoms with Crippen molar-refractivity contribution < 1.29 is 9.21 Å². The van der Waals surface area contributed by atoms with Crippen molar-refractivity contribution in [3.8, 4) is 11.5 Å². The van der Waals surface area contributed by atoms with Gasteiger partial charge in [-0.25, -0.2) is 4.98 Å². The van der Waals surface area contributed by atoms with Gasteiger partial charge in [-0.2, -0.15) is 0 Å². The summed E-state index contributed by atoms with van der Waals surface area (Å²) in [5.41, 5.74) is 4.01. The molecular formula is C24H28N2O2. The van der Waals surface area contributed by atoms with Crippen molar-refractivity contribution in [1.82, 2.24) is 10.3 Å². The van der Waals surface area contributed by atoms with E-state index in [2.05, 4.69) is 48.4 Å². The van der Waals surface area contributed by atoms with E-state index in [0.717, 1.165) is 17.5 Å². The second-order valence-corrected chi connectivity index (χ2v) is 7.69. The molecule has 1 N–H and O–H groups in total. The zero-order chi connectivity index (χ0) is 20.1. The van der Waals surface area contributed by atoms with Gasteiger partial charge in [0.25, 0.3) is 0 Å². The van der Waals surface area contributed by atoms with Crippen molar-refractivity contribution in [3.63, 3.8) is 0 Å². The maximum Gasteiger partial charge on any atom is 0.226 e. The second-order valence-electron chi connectivity index (χ2n) is 7.69. The highest BCUT2D eigenvalue weighted by Crippen LogP contribution is 2.22. The van der Waals surface area contributed by atoms with E-state index in [1.165, 1.54) is 5.56 Å². The van der Waals surface area contributed by atoms with E-state index in [0.29, 0.717) is 23.3 Å². The largest absolute Gasteiger partial charge is 0.441 e. The molecule has 1 amide bonds. The summed E-state index contributed by atoms with van der Waals surface area (Å²) in [5, 5.41) is 3.06. The Kier molecular flexibility index (Phi) is 6.30. The van der Waals surface area contributed by atoms with Gasteiger partial charge in [0.2, 0.25) is 11.8 Å². The molecule has 0 radical (unpaired) electrons. The molecule has 0 bridgehead atoms. The summed E-state index contributed by atoms with van der Waals surface area (Å²) in [6, 6.07) is 18.1.